The van der Waals surface area contributed by atoms with Crippen LogP contribution in [-0.2, 0) is 9.53 Å². The summed E-state index contributed by atoms with van der Waals surface area (Å²) in [6.07, 6.45) is 1.54. The summed E-state index contributed by atoms with van der Waals surface area (Å²) in [6.45, 7) is 5.37. The van der Waals surface area contributed by atoms with E-state index < -0.39 is 16.8 Å². The van der Waals surface area contributed by atoms with Crippen molar-refractivity contribution in [3.63, 3.8) is 0 Å². The molecule has 1 aromatic heterocycles. The number of hydrogen-bond donors (Lipinski definition) is 0. The molecule has 9 heteroatoms. The Kier molecular flexibility index (Phi) is 5.85. The van der Waals surface area contributed by atoms with E-state index in [4.69, 9.17) is 9.15 Å². The van der Waals surface area contributed by atoms with E-state index in [1.165, 1.54) is 24.3 Å². The number of esters is 1. The Hall–Kier alpha value is -4.53. The maximum atomic E-state index is 13.1. The molecule has 0 saturated heterocycles. The zero-order chi connectivity index (χ0) is 24.6. The molecule has 1 amide bonds. The SMILES string of the molecule is COC(=O)c1cccc(N2N=C(C)C(=Cc3ccc(-c4cc(C)c(C)cc4[N+](=O)[O-])o3)C2=O)c1. The van der Waals surface area contributed by atoms with E-state index >= 15 is 0 Å². The highest BCUT2D eigenvalue weighted by Gasteiger charge is 2.30. The van der Waals surface area contributed by atoms with Gasteiger partial charge in [-0.2, -0.15) is 10.1 Å². The van der Waals surface area contributed by atoms with Gasteiger partial charge in [0, 0.05) is 6.07 Å². The molecule has 1 aliphatic rings. The molecule has 4 rings (SSSR count). The molecule has 0 fully saturated rings. The maximum Gasteiger partial charge on any atom is 0.337 e. The molecule has 2 heterocycles. The number of anilines is 1. The van der Waals surface area contributed by atoms with Crippen molar-refractivity contribution in [3.05, 3.63) is 86.7 Å². The number of aryl methyl sites for hydroxylation is 2. The van der Waals surface area contributed by atoms with Crippen molar-refractivity contribution < 1.29 is 23.7 Å². The lowest BCUT2D eigenvalue weighted by molar-refractivity contribution is -0.384. The molecular weight excluding hydrogens is 438 g/mol. The molecular formula is C25H21N3O6. The van der Waals surface area contributed by atoms with Crippen LogP contribution in [0.4, 0.5) is 11.4 Å². The first kappa shape index (κ1) is 22.7. The summed E-state index contributed by atoms with van der Waals surface area (Å²) in [5, 5.41) is 17.1. The molecule has 0 unspecified atom stereocenters. The number of hydrogen-bond acceptors (Lipinski definition) is 7. The van der Waals surface area contributed by atoms with Gasteiger partial charge >= 0.3 is 5.97 Å². The number of carbonyl (C=O) groups excluding carboxylic acids is 2. The van der Waals surface area contributed by atoms with Crippen LogP contribution in [0, 0.1) is 24.0 Å². The minimum absolute atomic E-state index is 0.0528. The minimum Gasteiger partial charge on any atom is -0.465 e. The second-order valence-corrected chi connectivity index (χ2v) is 7.82. The fourth-order valence-corrected chi connectivity index (χ4v) is 3.61. The number of hydrazone groups is 1. The molecule has 0 aliphatic carbocycles. The van der Waals surface area contributed by atoms with E-state index in [1.807, 2.05) is 13.8 Å². The number of benzene rings is 2. The van der Waals surface area contributed by atoms with Gasteiger partial charge in [0.15, 0.2) is 0 Å². The zero-order valence-electron chi connectivity index (χ0n) is 19.0. The quantitative estimate of drug-likeness (QED) is 0.228. The summed E-state index contributed by atoms with van der Waals surface area (Å²) in [6, 6.07) is 12.9. The van der Waals surface area contributed by atoms with Gasteiger partial charge in [-0.3, -0.25) is 14.9 Å². The first-order chi connectivity index (χ1) is 16.2. The highest BCUT2D eigenvalue weighted by Crippen LogP contribution is 2.34. The monoisotopic (exact) mass is 459 g/mol. The van der Waals surface area contributed by atoms with Gasteiger partial charge in [0.1, 0.15) is 11.5 Å². The lowest BCUT2D eigenvalue weighted by Gasteiger charge is -2.12. The summed E-state index contributed by atoms with van der Waals surface area (Å²) >= 11 is 0. The average molecular weight is 459 g/mol. The van der Waals surface area contributed by atoms with Gasteiger partial charge in [-0.05, 0) is 74.4 Å². The number of carbonyl (C=O) groups is 2. The van der Waals surface area contributed by atoms with Crippen LogP contribution < -0.4 is 5.01 Å². The van der Waals surface area contributed by atoms with Crippen LogP contribution >= 0.6 is 0 Å². The number of rotatable bonds is 5. The van der Waals surface area contributed by atoms with Crippen molar-refractivity contribution >= 4 is 35.0 Å². The number of ether oxygens (including phenoxy) is 1. The van der Waals surface area contributed by atoms with Crippen molar-refractivity contribution in [2.45, 2.75) is 20.8 Å². The second-order valence-electron chi connectivity index (χ2n) is 7.82. The molecule has 3 aromatic rings. The highest BCUT2D eigenvalue weighted by atomic mass is 16.6. The van der Waals surface area contributed by atoms with Crippen molar-refractivity contribution in [1.82, 2.24) is 0 Å². The molecule has 0 spiro atoms. The van der Waals surface area contributed by atoms with Gasteiger partial charge in [-0.25, -0.2) is 4.79 Å². The second kappa shape index (κ2) is 8.78. The lowest BCUT2D eigenvalue weighted by atomic mass is 10.0. The van der Waals surface area contributed by atoms with Crippen molar-refractivity contribution in [2.75, 3.05) is 12.1 Å². The largest absolute Gasteiger partial charge is 0.465 e. The van der Waals surface area contributed by atoms with E-state index in [0.717, 1.165) is 11.1 Å². The Bertz CT molecular complexity index is 1400. The smallest absolute Gasteiger partial charge is 0.337 e. The molecule has 34 heavy (non-hydrogen) atoms. The third kappa shape index (κ3) is 4.11. The number of furan rings is 1. The maximum absolute atomic E-state index is 13.1. The molecule has 172 valence electrons. The number of amides is 1. The Morgan fingerprint density at radius 2 is 1.85 bits per heavy atom. The fourth-order valence-electron chi connectivity index (χ4n) is 3.61. The number of nitro benzene ring substituents is 1. The fraction of sp³-hybridized carbons (Fsp3) is 0.160. The van der Waals surface area contributed by atoms with E-state index in [-0.39, 0.29) is 5.69 Å². The lowest BCUT2D eigenvalue weighted by Crippen LogP contribution is -2.21. The van der Waals surface area contributed by atoms with Crippen LogP contribution in [-0.4, -0.2) is 29.6 Å². The Morgan fingerprint density at radius 1 is 1.12 bits per heavy atom. The molecule has 9 nitrogen and oxygen atoms in total. The molecule has 1 aliphatic heterocycles. The molecule has 0 N–H and O–H groups in total. The number of nitro groups is 1. The third-order valence-electron chi connectivity index (χ3n) is 5.56. The molecule has 0 radical (unpaired) electrons. The third-order valence-corrected chi connectivity index (χ3v) is 5.56. The summed E-state index contributed by atoms with van der Waals surface area (Å²) in [5.41, 5.74) is 3.50. The molecule has 0 bridgehead atoms. The first-order valence-corrected chi connectivity index (χ1v) is 10.4. The predicted molar refractivity (Wildman–Crippen MR) is 127 cm³/mol. The van der Waals surface area contributed by atoms with Crippen LogP contribution in [0.15, 0.2) is 63.6 Å². The van der Waals surface area contributed by atoms with E-state index in [1.54, 1.807) is 49.4 Å². The first-order valence-electron chi connectivity index (χ1n) is 10.4. The van der Waals surface area contributed by atoms with E-state index in [9.17, 15) is 19.7 Å². The van der Waals surface area contributed by atoms with E-state index in [0.29, 0.717) is 39.6 Å². The Balaban J connectivity index is 1.66. The summed E-state index contributed by atoms with van der Waals surface area (Å²) in [7, 11) is 1.28. The number of methoxy groups -OCH3 is 1. The van der Waals surface area contributed by atoms with Crippen molar-refractivity contribution in [2.24, 2.45) is 5.10 Å². The minimum atomic E-state index is -0.520. The standard InChI is InChI=1S/C25H21N3O6/c1-14-10-21(22(28(31)32)11-15(14)2)23-9-8-19(34-23)13-20-16(3)26-27(24(20)29)18-7-5-6-17(12-18)25(30)33-4/h5-13H,1-4H3. The summed E-state index contributed by atoms with van der Waals surface area (Å²) < 4.78 is 10.6. The number of nitrogens with zero attached hydrogens (tertiary/aromatic N) is 3. The van der Waals surface area contributed by atoms with Crippen LogP contribution in [0.25, 0.3) is 17.4 Å². The van der Waals surface area contributed by atoms with Crippen LogP contribution in [0.3, 0.4) is 0 Å². The van der Waals surface area contributed by atoms with Gasteiger partial charge in [0.25, 0.3) is 11.6 Å². The predicted octanol–water partition coefficient (Wildman–Crippen LogP) is 5.06. The average Bonchev–Trinajstić information content (AvgIpc) is 3.40. The van der Waals surface area contributed by atoms with Crippen LogP contribution in [0.5, 0.6) is 0 Å². The zero-order valence-corrected chi connectivity index (χ0v) is 19.0. The van der Waals surface area contributed by atoms with Gasteiger partial charge in [0.2, 0.25) is 0 Å². The molecule has 0 atom stereocenters. The molecule has 2 aromatic carbocycles. The summed E-state index contributed by atoms with van der Waals surface area (Å²) in [4.78, 5) is 36.0. The van der Waals surface area contributed by atoms with Gasteiger partial charge in [0.05, 0.1) is 40.1 Å². The van der Waals surface area contributed by atoms with Crippen LogP contribution in [0.1, 0.15) is 34.2 Å². The molecule has 0 saturated carbocycles. The van der Waals surface area contributed by atoms with Gasteiger partial charge in [-0.1, -0.05) is 6.07 Å². The van der Waals surface area contributed by atoms with Crippen molar-refractivity contribution in [3.8, 4) is 11.3 Å². The Morgan fingerprint density at radius 3 is 2.56 bits per heavy atom. The highest BCUT2D eigenvalue weighted by molar-refractivity contribution is 6.32. The Labute approximate surface area is 195 Å². The van der Waals surface area contributed by atoms with Crippen molar-refractivity contribution in [1.29, 1.82) is 0 Å². The van der Waals surface area contributed by atoms with Gasteiger partial charge in [-0.15, -0.1) is 0 Å². The van der Waals surface area contributed by atoms with Gasteiger partial charge < -0.3 is 9.15 Å². The summed E-state index contributed by atoms with van der Waals surface area (Å²) in [5.74, 6) is -0.238. The topological polar surface area (TPSA) is 115 Å². The van der Waals surface area contributed by atoms with E-state index in [2.05, 4.69) is 5.10 Å². The van der Waals surface area contributed by atoms with Crippen LogP contribution in [0.2, 0.25) is 0 Å². The normalized spacial score (nSPS) is 14.5.